The SMILES string of the molecule is CCCCCN(CCCC(C)(N)C(N)=O)C(C)C. The second-order valence-corrected chi connectivity index (χ2v) is 5.72. The fraction of sp³-hybridized carbons (Fsp3) is 0.929. The van der Waals surface area contributed by atoms with Gasteiger partial charge in [-0.25, -0.2) is 0 Å². The summed E-state index contributed by atoms with van der Waals surface area (Å²) in [6, 6.07) is 0.541. The fourth-order valence-electron chi connectivity index (χ4n) is 1.97. The van der Waals surface area contributed by atoms with Gasteiger partial charge in [0.2, 0.25) is 5.91 Å². The lowest BCUT2D eigenvalue weighted by Gasteiger charge is -2.28. The number of rotatable bonds is 10. The molecule has 1 atom stereocenters. The van der Waals surface area contributed by atoms with Gasteiger partial charge in [0.25, 0.3) is 0 Å². The highest BCUT2D eigenvalue weighted by Gasteiger charge is 2.25. The van der Waals surface area contributed by atoms with E-state index in [4.69, 9.17) is 11.5 Å². The normalized spacial score (nSPS) is 15.1. The summed E-state index contributed by atoms with van der Waals surface area (Å²) in [5.41, 5.74) is 10.2. The zero-order valence-electron chi connectivity index (χ0n) is 12.5. The second kappa shape index (κ2) is 8.48. The second-order valence-electron chi connectivity index (χ2n) is 5.72. The van der Waals surface area contributed by atoms with Crippen LogP contribution in [0.1, 0.15) is 59.8 Å². The monoisotopic (exact) mass is 257 g/mol. The van der Waals surface area contributed by atoms with Crippen LogP contribution in [0.5, 0.6) is 0 Å². The summed E-state index contributed by atoms with van der Waals surface area (Å²) >= 11 is 0. The molecule has 4 nitrogen and oxygen atoms in total. The number of hydrogen-bond acceptors (Lipinski definition) is 3. The van der Waals surface area contributed by atoms with Crippen molar-refractivity contribution in [2.24, 2.45) is 11.5 Å². The number of nitrogens with two attached hydrogens (primary N) is 2. The molecule has 0 bridgehead atoms. The number of carbonyl (C=O) groups excluding carboxylic acids is 1. The molecule has 1 amide bonds. The molecule has 0 fully saturated rings. The largest absolute Gasteiger partial charge is 0.368 e. The van der Waals surface area contributed by atoms with Crippen molar-refractivity contribution in [3.8, 4) is 0 Å². The molecule has 4 heteroatoms. The predicted molar refractivity (Wildman–Crippen MR) is 77.3 cm³/mol. The molecule has 108 valence electrons. The summed E-state index contributed by atoms with van der Waals surface area (Å²) in [5.74, 6) is -0.412. The van der Waals surface area contributed by atoms with Crippen molar-refractivity contribution < 1.29 is 4.79 Å². The molecule has 0 aromatic rings. The first-order chi connectivity index (χ1) is 8.31. The lowest BCUT2D eigenvalue weighted by Crippen LogP contribution is -2.49. The van der Waals surface area contributed by atoms with Gasteiger partial charge in [-0.15, -0.1) is 0 Å². The minimum atomic E-state index is -0.869. The first-order valence-electron chi connectivity index (χ1n) is 7.14. The van der Waals surface area contributed by atoms with Crippen LogP contribution in [-0.2, 0) is 4.79 Å². The van der Waals surface area contributed by atoms with E-state index in [0.717, 1.165) is 19.5 Å². The van der Waals surface area contributed by atoms with Gasteiger partial charge >= 0.3 is 0 Å². The maximum atomic E-state index is 11.1. The smallest absolute Gasteiger partial charge is 0.237 e. The van der Waals surface area contributed by atoms with E-state index in [0.29, 0.717) is 12.5 Å². The van der Waals surface area contributed by atoms with Crippen LogP contribution in [0.4, 0.5) is 0 Å². The highest BCUT2D eigenvalue weighted by molar-refractivity contribution is 5.83. The molecule has 0 aromatic heterocycles. The molecule has 0 aliphatic carbocycles. The van der Waals surface area contributed by atoms with Gasteiger partial charge in [-0.3, -0.25) is 4.79 Å². The van der Waals surface area contributed by atoms with Gasteiger partial charge < -0.3 is 16.4 Å². The van der Waals surface area contributed by atoms with E-state index >= 15 is 0 Å². The minimum Gasteiger partial charge on any atom is -0.368 e. The number of unbranched alkanes of at least 4 members (excludes halogenated alkanes) is 2. The van der Waals surface area contributed by atoms with Crippen LogP contribution in [-0.4, -0.2) is 35.5 Å². The van der Waals surface area contributed by atoms with Crippen molar-refractivity contribution in [2.45, 2.75) is 71.4 Å². The summed E-state index contributed by atoms with van der Waals surface area (Å²) in [6.07, 6.45) is 5.33. The third-order valence-corrected chi connectivity index (χ3v) is 3.48. The molecule has 0 spiro atoms. The third kappa shape index (κ3) is 6.97. The molecule has 0 radical (unpaired) electrons. The Morgan fingerprint density at radius 3 is 2.22 bits per heavy atom. The lowest BCUT2D eigenvalue weighted by molar-refractivity contribution is -0.122. The van der Waals surface area contributed by atoms with Gasteiger partial charge in [-0.2, -0.15) is 0 Å². The Kier molecular flexibility index (Phi) is 8.20. The van der Waals surface area contributed by atoms with E-state index < -0.39 is 11.4 Å². The predicted octanol–water partition coefficient (Wildman–Crippen LogP) is 1.87. The van der Waals surface area contributed by atoms with E-state index in [1.807, 2.05) is 0 Å². The van der Waals surface area contributed by atoms with Gasteiger partial charge in [-0.1, -0.05) is 19.8 Å². The number of nitrogens with zero attached hydrogens (tertiary/aromatic N) is 1. The zero-order chi connectivity index (χ0) is 14.2. The summed E-state index contributed by atoms with van der Waals surface area (Å²) in [7, 11) is 0. The lowest BCUT2D eigenvalue weighted by atomic mass is 9.96. The van der Waals surface area contributed by atoms with Crippen molar-refractivity contribution in [2.75, 3.05) is 13.1 Å². The van der Waals surface area contributed by atoms with Crippen LogP contribution < -0.4 is 11.5 Å². The van der Waals surface area contributed by atoms with E-state index in [-0.39, 0.29) is 0 Å². The van der Waals surface area contributed by atoms with Crippen LogP contribution in [0.3, 0.4) is 0 Å². The Morgan fingerprint density at radius 1 is 1.22 bits per heavy atom. The van der Waals surface area contributed by atoms with E-state index in [1.54, 1.807) is 6.92 Å². The number of amides is 1. The van der Waals surface area contributed by atoms with Crippen LogP contribution in [0.25, 0.3) is 0 Å². The number of primary amides is 1. The molecule has 0 rings (SSSR count). The van der Waals surface area contributed by atoms with Crippen LogP contribution >= 0.6 is 0 Å². The van der Waals surface area contributed by atoms with E-state index in [2.05, 4.69) is 25.7 Å². The van der Waals surface area contributed by atoms with Crippen molar-refractivity contribution in [3.63, 3.8) is 0 Å². The molecule has 0 saturated heterocycles. The quantitative estimate of drug-likeness (QED) is 0.587. The molecule has 0 heterocycles. The molecular formula is C14H31N3O. The topological polar surface area (TPSA) is 72.3 Å². The zero-order valence-corrected chi connectivity index (χ0v) is 12.5. The molecular weight excluding hydrogens is 226 g/mol. The van der Waals surface area contributed by atoms with Gasteiger partial charge in [0, 0.05) is 6.04 Å². The number of carbonyl (C=O) groups is 1. The van der Waals surface area contributed by atoms with Crippen molar-refractivity contribution in [1.29, 1.82) is 0 Å². The highest BCUT2D eigenvalue weighted by atomic mass is 16.1. The van der Waals surface area contributed by atoms with Crippen LogP contribution in [0.2, 0.25) is 0 Å². The van der Waals surface area contributed by atoms with Gasteiger partial charge in [0.15, 0.2) is 0 Å². The summed E-state index contributed by atoms with van der Waals surface area (Å²) in [4.78, 5) is 13.6. The van der Waals surface area contributed by atoms with Crippen LogP contribution in [0, 0.1) is 0 Å². The van der Waals surface area contributed by atoms with E-state index in [1.165, 1.54) is 19.3 Å². The van der Waals surface area contributed by atoms with Gasteiger partial charge in [0.05, 0.1) is 5.54 Å². The maximum absolute atomic E-state index is 11.1. The van der Waals surface area contributed by atoms with Crippen LogP contribution in [0.15, 0.2) is 0 Å². The highest BCUT2D eigenvalue weighted by Crippen LogP contribution is 2.11. The Labute approximate surface area is 112 Å². The molecule has 4 N–H and O–H groups in total. The molecule has 0 aromatic carbocycles. The average Bonchev–Trinajstić information content (AvgIpc) is 2.26. The van der Waals surface area contributed by atoms with Gasteiger partial charge in [0.1, 0.15) is 0 Å². The van der Waals surface area contributed by atoms with Gasteiger partial charge in [-0.05, 0) is 53.1 Å². The molecule has 1 unspecified atom stereocenters. The van der Waals surface area contributed by atoms with Crippen molar-refractivity contribution in [1.82, 2.24) is 4.90 Å². The third-order valence-electron chi connectivity index (χ3n) is 3.48. The Morgan fingerprint density at radius 2 is 1.78 bits per heavy atom. The Bertz CT molecular complexity index is 239. The standard InChI is InChI=1S/C14H31N3O/c1-5-6-7-10-17(12(2)3)11-8-9-14(4,16)13(15)18/h12H,5-11,16H2,1-4H3,(H2,15,18). The minimum absolute atomic E-state index is 0.412. The first-order valence-corrected chi connectivity index (χ1v) is 7.14. The van der Waals surface area contributed by atoms with Crippen molar-refractivity contribution in [3.05, 3.63) is 0 Å². The molecule has 0 aliphatic heterocycles. The average molecular weight is 257 g/mol. The maximum Gasteiger partial charge on any atom is 0.237 e. The summed E-state index contributed by atoms with van der Waals surface area (Å²) in [6.45, 7) is 10.5. The summed E-state index contributed by atoms with van der Waals surface area (Å²) < 4.78 is 0. The Hall–Kier alpha value is -0.610. The summed E-state index contributed by atoms with van der Waals surface area (Å²) in [5, 5.41) is 0. The molecule has 18 heavy (non-hydrogen) atoms. The first kappa shape index (κ1) is 17.4. The Balaban J connectivity index is 4.01. The fourth-order valence-corrected chi connectivity index (χ4v) is 1.97. The number of hydrogen-bond donors (Lipinski definition) is 2. The van der Waals surface area contributed by atoms with E-state index in [9.17, 15) is 4.79 Å². The molecule has 0 saturated carbocycles. The molecule has 0 aliphatic rings. The van der Waals surface area contributed by atoms with Crippen molar-refractivity contribution >= 4 is 5.91 Å².